The summed E-state index contributed by atoms with van der Waals surface area (Å²) in [6.07, 6.45) is 0. The van der Waals surface area contributed by atoms with Crippen molar-refractivity contribution in [3.63, 3.8) is 0 Å². The van der Waals surface area contributed by atoms with Gasteiger partial charge in [-0.3, -0.25) is 9.59 Å². The lowest BCUT2D eigenvalue weighted by Gasteiger charge is -2.11. The minimum Gasteiger partial charge on any atom is -0.364 e. The van der Waals surface area contributed by atoms with Crippen LogP contribution < -0.4 is 5.73 Å². The summed E-state index contributed by atoms with van der Waals surface area (Å²) in [4.78, 5) is 27.0. The van der Waals surface area contributed by atoms with Gasteiger partial charge in [0.1, 0.15) is 11.5 Å². The summed E-state index contributed by atoms with van der Waals surface area (Å²) in [7, 11) is 3.06. The quantitative estimate of drug-likeness (QED) is 0.836. The van der Waals surface area contributed by atoms with Crippen LogP contribution in [-0.4, -0.2) is 35.8 Å². The fraction of sp³-hybridized carbons (Fsp3) is 0.167. The number of amides is 2. The Morgan fingerprint density at radius 1 is 1.33 bits per heavy atom. The molecule has 2 aromatic rings. The SMILES string of the molecule is CN(C)C(=O)c1c(F)ccc2[nH]c(C(N)=O)cc12. The molecule has 0 unspecified atom stereocenters. The molecule has 0 radical (unpaired) electrons. The zero-order valence-corrected chi connectivity index (χ0v) is 9.95. The lowest BCUT2D eigenvalue weighted by atomic mass is 10.1. The number of H-pyrrole nitrogens is 1. The number of nitrogens with two attached hydrogens (primary N) is 1. The number of carbonyl (C=O) groups is 2. The largest absolute Gasteiger partial charge is 0.364 e. The van der Waals surface area contributed by atoms with Gasteiger partial charge >= 0.3 is 0 Å². The number of nitrogens with zero attached hydrogens (tertiary/aromatic N) is 1. The average Bonchev–Trinajstić information content (AvgIpc) is 2.71. The van der Waals surface area contributed by atoms with Crippen LogP contribution in [0.3, 0.4) is 0 Å². The molecule has 0 aliphatic carbocycles. The number of halogens is 1. The number of rotatable bonds is 2. The summed E-state index contributed by atoms with van der Waals surface area (Å²) in [5, 5.41) is 0.350. The van der Waals surface area contributed by atoms with Gasteiger partial charge in [-0.25, -0.2) is 4.39 Å². The Morgan fingerprint density at radius 3 is 2.56 bits per heavy atom. The van der Waals surface area contributed by atoms with Crippen LogP contribution in [-0.2, 0) is 0 Å². The molecular weight excluding hydrogens is 237 g/mol. The Balaban J connectivity index is 2.74. The number of aromatic nitrogens is 1. The van der Waals surface area contributed by atoms with Crippen LogP contribution in [0, 0.1) is 5.82 Å². The molecule has 0 aliphatic heterocycles. The Labute approximate surface area is 102 Å². The van der Waals surface area contributed by atoms with E-state index in [1.165, 1.54) is 37.2 Å². The molecule has 2 amide bonds. The van der Waals surface area contributed by atoms with E-state index in [1.54, 1.807) is 0 Å². The van der Waals surface area contributed by atoms with Gasteiger partial charge in [-0.05, 0) is 18.2 Å². The highest BCUT2D eigenvalue weighted by Crippen LogP contribution is 2.23. The third-order valence-electron chi connectivity index (χ3n) is 2.64. The second-order valence-corrected chi connectivity index (χ2v) is 4.13. The molecule has 2 rings (SSSR count). The molecule has 6 heteroatoms. The van der Waals surface area contributed by atoms with Crippen molar-refractivity contribution in [2.75, 3.05) is 14.1 Å². The smallest absolute Gasteiger partial charge is 0.265 e. The van der Waals surface area contributed by atoms with Crippen molar-refractivity contribution >= 4 is 22.7 Å². The maximum absolute atomic E-state index is 13.8. The van der Waals surface area contributed by atoms with E-state index in [1.807, 2.05) is 0 Å². The molecule has 1 aromatic carbocycles. The minimum absolute atomic E-state index is 0.0683. The second-order valence-electron chi connectivity index (χ2n) is 4.13. The lowest BCUT2D eigenvalue weighted by molar-refractivity contribution is 0.0824. The Kier molecular flexibility index (Phi) is 2.78. The molecule has 0 saturated heterocycles. The molecule has 0 spiro atoms. The maximum atomic E-state index is 13.8. The van der Waals surface area contributed by atoms with Crippen molar-refractivity contribution in [1.29, 1.82) is 0 Å². The third-order valence-corrected chi connectivity index (χ3v) is 2.64. The first-order chi connectivity index (χ1) is 8.41. The van der Waals surface area contributed by atoms with Crippen LogP contribution in [0.5, 0.6) is 0 Å². The molecule has 94 valence electrons. The summed E-state index contributed by atoms with van der Waals surface area (Å²) in [5.41, 5.74) is 5.71. The van der Waals surface area contributed by atoms with Gasteiger partial charge in [0.05, 0.1) is 5.56 Å². The number of primary amides is 1. The van der Waals surface area contributed by atoms with Crippen LogP contribution >= 0.6 is 0 Å². The van der Waals surface area contributed by atoms with Crippen LogP contribution in [0.4, 0.5) is 4.39 Å². The summed E-state index contributed by atoms with van der Waals surface area (Å²) < 4.78 is 13.8. The molecule has 18 heavy (non-hydrogen) atoms. The molecule has 0 atom stereocenters. The normalized spacial score (nSPS) is 10.6. The molecule has 0 bridgehead atoms. The third kappa shape index (κ3) is 1.81. The van der Waals surface area contributed by atoms with E-state index in [4.69, 9.17) is 5.73 Å². The molecule has 0 saturated carbocycles. The predicted molar refractivity (Wildman–Crippen MR) is 64.8 cm³/mol. The Morgan fingerprint density at radius 2 is 2.00 bits per heavy atom. The lowest BCUT2D eigenvalue weighted by Crippen LogP contribution is -2.23. The Hall–Kier alpha value is -2.37. The van der Waals surface area contributed by atoms with E-state index in [-0.39, 0.29) is 11.3 Å². The monoisotopic (exact) mass is 249 g/mol. The summed E-state index contributed by atoms with van der Waals surface area (Å²) in [6.45, 7) is 0. The van der Waals surface area contributed by atoms with E-state index in [0.717, 1.165) is 0 Å². The van der Waals surface area contributed by atoms with Gasteiger partial charge in [0.2, 0.25) is 0 Å². The molecule has 0 fully saturated rings. The van der Waals surface area contributed by atoms with Gasteiger partial charge in [-0.1, -0.05) is 0 Å². The molecule has 1 aromatic heterocycles. The van der Waals surface area contributed by atoms with Gasteiger partial charge in [0, 0.05) is 25.0 Å². The number of aromatic amines is 1. The van der Waals surface area contributed by atoms with Crippen LogP contribution in [0.25, 0.3) is 10.9 Å². The van der Waals surface area contributed by atoms with Gasteiger partial charge < -0.3 is 15.6 Å². The average molecular weight is 249 g/mol. The highest BCUT2D eigenvalue weighted by molar-refractivity contribution is 6.08. The predicted octanol–water partition coefficient (Wildman–Crippen LogP) is 1.11. The Bertz CT molecular complexity index is 646. The van der Waals surface area contributed by atoms with Crippen molar-refractivity contribution in [3.8, 4) is 0 Å². The van der Waals surface area contributed by atoms with Crippen molar-refractivity contribution in [2.45, 2.75) is 0 Å². The fourth-order valence-corrected chi connectivity index (χ4v) is 1.75. The summed E-state index contributed by atoms with van der Waals surface area (Å²) in [6, 6.07) is 4.03. The van der Waals surface area contributed by atoms with Gasteiger partial charge in [-0.15, -0.1) is 0 Å². The molecule has 5 nitrogen and oxygen atoms in total. The van der Waals surface area contributed by atoms with E-state index in [0.29, 0.717) is 10.9 Å². The first-order valence-corrected chi connectivity index (χ1v) is 5.24. The molecular formula is C12H12FN3O2. The van der Waals surface area contributed by atoms with Crippen molar-refractivity contribution < 1.29 is 14.0 Å². The molecule has 0 aliphatic rings. The highest BCUT2D eigenvalue weighted by Gasteiger charge is 2.19. The zero-order chi connectivity index (χ0) is 13.4. The minimum atomic E-state index is -0.658. The number of carbonyl (C=O) groups excluding carboxylic acids is 2. The van der Waals surface area contributed by atoms with E-state index in [2.05, 4.69) is 4.98 Å². The topological polar surface area (TPSA) is 79.2 Å². The van der Waals surface area contributed by atoms with Crippen LogP contribution in [0.2, 0.25) is 0 Å². The summed E-state index contributed by atoms with van der Waals surface area (Å²) in [5.74, 6) is -1.75. The van der Waals surface area contributed by atoms with Gasteiger partial charge in [0.15, 0.2) is 0 Å². The van der Waals surface area contributed by atoms with Gasteiger partial charge in [0.25, 0.3) is 11.8 Å². The zero-order valence-electron chi connectivity index (χ0n) is 9.95. The van der Waals surface area contributed by atoms with Crippen molar-refractivity contribution in [3.05, 3.63) is 35.3 Å². The van der Waals surface area contributed by atoms with E-state index in [9.17, 15) is 14.0 Å². The standard InChI is InChI=1S/C12H12FN3O2/c1-16(2)12(18)10-6-5-9(11(14)17)15-8(6)4-3-7(10)13/h3-5,15H,1-2H3,(H2,14,17). The first-order valence-electron chi connectivity index (χ1n) is 5.24. The van der Waals surface area contributed by atoms with Crippen molar-refractivity contribution in [1.82, 2.24) is 9.88 Å². The fourth-order valence-electron chi connectivity index (χ4n) is 1.75. The number of fused-ring (bicyclic) bond motifs is 1. The number of hydrogen-bond donors (Lipinski definition) is 2. The number of hydrogen-bond acceptors (Lipinski definition) is 2. The maximum Gasteiger partial charge on any atom is 0.265 e. The van der Waals surface area contributed by atoms with E-state index >= 15 is 0 Å². The van der Waals surface area contributed by atoms with Crippen LogP contribution in [0.1, 0.15) is 20.8 Å². The second kappa shape index (κ2) is 4.14. The summed E-state index contributed by atoms with van der Waals surface area (Å²) >= 11 is 0. The number of benzene rings is 1. The van der Waals surface area contributed by atoms with Gasteiger partial charge in [-0.2, -0.15) is 0 Å². The number of nitrogens with one attached hydrogen (secondary N) is 1. The van der Waals surface area contributed by atoms with E-state index < -0.39 is 17.6 Å². The molecule has 1 heterocycles. The van der Waals surface area contributed by atoms with Crippen molar-refractivity contribution in [2.24, 2.45) is 5.73 Å². The van der Waals surface area contributed by atoms with Crippen LogP contribution in [0.15, 0.2) is 18.2 Å². The first kappa shape index (κ1) is 12.1. The highest BCUT2D eigenvalue weighted by atomic mass is 19.1. The molecule has 3 N–H and O–H groups in total.